The van der Waals surface area contributed by atoms with Crippen molar-refractivity contribution in [3.63, 3.8) is 0 Å². The number of carboxylic acid groups (broad SMARTS) is 1. The molecular formula is C15H19N3O4S. The third-order valence-electron chi connectivity index (χ3n) is 4.26. The Hall–Kier alpha value is -1.90. The Bertz CT molecular complexity index is 822. The molecule has 1 aromatic heterocycles. The summed E-state index contributed by atoms with van der Waals surface area (Å²) in [5, 5.41) is 10.6. The lowest BCUT2D eigenvalue weighted by atomic mass is 10.0. The van der Waals surface area contributed by atoms with Gasteiger partial charge >= 0.3 is 5.97 Å². The highest BCUT2D eigenvalue weighted by molar-refractivity contribution is 7.88. The van der Waals surface area contributed by atoms with E-state index in [4.69, 9.17) is 0 Å². The number of nitrogens with one attached hydrogen (secondary N) is 1. The van der Waals surface area contributed by atoms with E-state index in [-0.39, 0.29) is 0 Å². The zero-order valence-electron chi connectivity index (χ0n) is 12.8. The van der Waals surface area contributed by atoms with Gasteiger partial charge in [0.05, 0.1) is 6.26 Å². The van der Waals surface area contributed by atoms with E-state index in [9.17, 15) is 18.3 Å². The second kappa shape index (κ2) is 5.95. The van der Waals surface area contributed by atoms with Crippen LogP contribution in [0.5, 0.6) is 0 Å². The topological polar surface area (TPSA) is 93.7 Å². The molecule has 1 atom stereocenters. The molecule has 7 nitrogen and oxygen atoms in total. The molecule has 0 spiro atoms. The molecule has 1 fully saturated rings. The molecule has 0 bridgehead atoms. The highest BCUT2D eigenvalue weighted by atomic mass is 32.2. The Kier molecular flexibility index (Phi) is 4.13. The van der Waals surface area contributed by atoms with Gasteiger partial charge < -0.3 is 10.1 Å². The van der Waals surface area contributed by atoms with E-state index in [1.54, 1.807) is 6.20 Å². The monoisotopic (exact) mass is 337 g/mol. The second-order valence-corrected chi connectivity index (χ2v) is 7.71. The van der Waals surface area contributed by atoms with Gasteiger partial charge in [-0.25, -0.2) is 8.42 Å². The van der Waals surface area contributed by atoms with Gasteiger partial charge in [-0.3, -0.25) is 9.69 Å². The molecule has 0 unspecified atom stereocenters. The molecule has 23 heavy (non-hydrogen) atoms. The number of piperazine rings is 1. The zero-order valence-corrected chi connectivity index (χ0v) is 13.6. The average Bonchev–Trinajstić information content (AvgIpc) is 2.91. The van der Waals surface area contributed by atoms with E-state index < -0.39 is 22.0 Å². The molecule has 2 heterocycles. The van der Waals surface area contributed by atoms with Gasteiger partial charge in [-0.2, -0.15) is 4.31 Å². The van der Waals surface area contributed by atoms with Crippen LogP contribution >= 0.6 is 0 Å². The largest absolute Gasteiger partial charge is 0.480 e. The molecule has 1 aliphatic heterocycles. The highest BCUT2D eigenvalue weighted by Crippen LogP contribution is 2.29. The smallest absolute Gasteiger partial charge is 0.325 e. The maximum atomic E-state index is 11.8. The fraction of sp³-hybridized carbons (Fsp3) is 0.400. The number of carboxylic acids is 1. The third kappa shape index (κ3) is 3.10. The number of H-pyrrole nitrogens is 1. The van der Waals surface area contributed by atoms with Crippen molar-refractivity contribution in [2.24, 2.45) is 0 Å². The van der Waals surface area contributed by atoms with Gasteiger partial charge in [0.25, 0.3) is 0 Å². The van der Waals surface area contributed by atoms with E-state index in [1.165, 1.54) is 10.6 Å². The molecule has 0 radical (unpaired) electrons. The fourth-order valence-electron chi connectivity index (χ4n) is 3.10. The first-order valence-corrected chi connectivity index (χ1v) is 9.21. The van der Waals surface area contributed by atoms with Gasteiger partial charge in [-0.15, -0.1) is 0 Å². The Labute approximate surface area is 134 Å². The lowest BCUT2D eigenvalue weighted by molar-refractivity contribution is -0.144. The van der Waals surface area contributed by atoms with Crippen LogP contribution in [0.25, 0.3) is 10.9 Å². The van der Waals surface area contributed by atoms with E-state index in [0.717, 1.165) is 10.9 Å². The van der Waals surface area contributed by atoms with Crippen LogP contribution in [0.15, 0.2) is 30.5 Å². The Morgan fingerprint density at radius 1 is 1.22 bits per heavy atom. The first-order valence-electron chi connectivity index (χ1n) is 7.36. The molecule has 0 saturated carbocycles. The SMILES string of the molecule is CS(=O)(=O)N1CCN([C@@H](C(=O)O)c2c[nH]c3ccccc23)CC1. The van der Waals surface area contributed by atoms with Gasteiger partial charge in [0.2, 0.25) is 10.0 Å². The van der Waals surface area contributed by atoms with Crippen LogP contribution in [0.2, 0.25) is 0 Å². The standard InChI is InChI=1S/C15H19N3O4S/c1-23(21,22)18-8-6-17(7-9-18)14(15(19)20)12-10-16-13-5-3-2-4-11(12)13/h2-5,10,14,16H,6-9H2,1H3,(H,19,20)/t14-/m1/s1. The molecule has 1 aromatic carbocycles. The number of aromatic amines is 1. The molecule has 0 aliphatic carbocycles. The molecule has 3 rings (SSSR count). The number of carbonyl (C=O) groups is 1. The third-order valence-corrected chi connectivity index (χ3v) is 5.56. The Morgan fingerprint density at radius 3 is 2.48 bits per heavy atom. The normalized spacial score (nSPS) is 19.0. The summed E-state index contributed by atoms with van der Waals surface area (Å²) in [6.45, 7) is 1.41. The molecular weight excluding hydrogens is 318 g/mol. The maximum absolute atomic E-state index is 11.8. The van der Waals surface area contributed by atoms with Gasteiger partial charge in [-0.1, -0.05) is 18.2 Å². The predicted octanol–water partition coefficient (Wildman–Crippen LogP) is 0.871. The van der Waals surface area contributed by atoms with Gasteiger partial charge in [-0.05, 0) is 6.07 Å². The lowest BCUT2D eigenvalue weighted by Gasteiger charge is -2.36. The number of fused-ring (bicyclic) bond motifs is 1. The van der Waals surface area contributed by atoms with Gasteiger partial charge in [0.15, 0.2) is 0 Å². The molecule has 124 valence electrons. The number of aromatic nitrogens is 1. The maximum Gasteiger partial charge on any atom is 0.325 e. The number of para-hydroxylation sites is 1. The summed E-state index contributed by atoms with van der Waals surface area (Å²) in [5.41, 5.74) is 1.60. The predicted molar refractivity (Wildman–Crippen MR) is 86.7 cm³/mol. The number of aliphatic carboxylic acids is 1. The van der Waals surface area contributed by atoms with Crippen molar-refractivity contribution in [2.75, 3.05) is 32.4 Å². The zero-order chi connectivity index (χ0) is 16.6. The van der Waals surface area contributed by atoms with Crippen molar-refractivity contribution in [2.45, 2.75) is 6.04 Å². The summed E-state index contributed by atoms with van der Waals surface area (Å²) in [6, 6.07) is 6.78. The van der Waals surface area contributed by atoms with Crippen LogP contribution in [0.4, 0.5) is 0 Å². The summed E-state index contributed by atoms with van der Waals surface area (Å²) in [7, 11) is -3.23. The van der Waals surface area contributed by atoms with E-state index in [1.807, 2.05) is 29.2 Å². The van der Waals surface area contributed by atoms with Crippen LogP contribution in [0, 0.1) is 0 Å². The van der Waals surface area contributed by atoms with Crippen molar-refractivity contribution >= 4 is 26.9 Å². The minimum absolute atomic E-state index is 0.310. The summed E-state index contributed by atoms with van der Waals surface area (Å²) < 4.78 is 24.6. The van der Waals surface area contributed by atoms with Gasteiger partial charge in [0, 0.05) is 48.8 Å². The van der Waals surface area contributed by atoms with Crippen molar-refractivity contribution in [1.29, 1.82) is 0 Å². The summed E-state index contributed by atoms with van der Waals surface area (Å²) in [5.74, 6) is -0.928. The van der Waals surface area contributed by atoms with Gasteiger partial charge in [0.1, 0.15) is 6.04 Å². The summed E-state index contributed by atoms with van der Waals surface area (Å²) >= 11 is 0. The van der Waals surface area contributed by atoms with E-state index in [0.29, 0.717) is 31.7 Å². The van der Waals surface area contributed by atoms with Crippen LogP contribution in [-0.4, -0.2) is 66.1 Å². The fourth-order valence-corrected chi connectivity index (χ4v) is 3.93. The minimum Gasteiger partial charge on any atom is -0.480 e. The van der Waals surface area contributed by atoms with Crippen molar-refractivity contribution in [1.82, 2.24) is 14.2 Å². The van der Waals surface area contributed by atoms with Crippen molar-refractivity contribution < 1.29 is 18.3 Å². The number of hydrogen-bond acceptors (Lipinski definition) is 4. The highest BCUT2D eigenvalue weighted by Gasteiger charge is 2.33. The first-order chi connectivity index (χ1) is 10.9. The van der Waals surface area contributed by atoms with Crippen molar-refractivity contribution in [3.05, 3.63) is 36.0 Å². The quantitative estimate of drug-likeness (QED) is 0.863. The Morgan fingerprint density at radius 2 is 1.87 bits per heavy atom. The van der Waals surface area contributed by atoms with Crippen LogP contribution in [-0.2, 0) is 14.8 Å². The minimum atomic E-state index is -3.23. The number of hydrogen-bond donors (Lipinski definition) is 2. The summed E-state index contributed by atoms with van der Waals surface area (Å²) in [4.78, 5) is 16.8. The molecule has 8 heteroatoms. The van der Waals surface area contributed by atoms with E-state index >= 15 is 0 Å². The molecule has 2 aromatic rings. The number of sulfonamides is 1. The molecule has 1 saturated heterocycles. The lowest BCUT2D eigenvalue weighted by Crippen LogP contribution is -2.50. The first kappa shape index (κ1) is 16.0. The summed E-state index contributed by atoms with van der Waals surface area (Å²) in [6.07, 6.45) is 2.91. The van der Waals surface area contributed by atoms with Crippen LogP contribution in [0.1, 0.15) is 11.6 Å². The van der Waals surface area contributed by atoms with E-state index in [2.05, 4.69) is 4.98 Å². The molecule has 2 N–H and O–H groups in total. The van der Waals surface area contributed by atoms with Crippen molar-refractivity contribution in [3.8, 4) is 0 Å². The van der Waals surface area contributed by atoms with Crippen LogP contribution in [0.3, 0.4) is 0 Å². The Balaban J connectivity index is 1.88. The second-order valence-electron chi connectivity index (χ2n) is 5.73. The molecule has 0 amide bonds. The number of nitrogens with zero attached hydrogens (tertiary/aromatic N) is 2. The average molecular weight is 337 g/mol. The number of benzene rings is 1. The molecule has 1 aliphatic rings. The van der Waals surface area contributed by atoms with Crippen LogP contribution < -0.4 is 0 Å². The number of rotatable bonds is 4.